The van der Waals surface area contributed by atoms with E-state index in [2.05, 4.69) is 6.58 Å². The van der Waals surface area contributed by atoms with E-state index in [1.54, 1.807) is 0 Å². The lowest BCUT2D eigenvalue weighted by molar-refractivity contribution is -0.0480. The molecule has 0 aromatic rings. The van der Waals surface area contributed by atoms with Crippen LogP contribution in [0.15, 0.2) is 12.7 Å². The molecule has 0 aromatic heterocycles. The van der Waals surface area contributed by atoms with Crippen molar-refractivity contribution in [1.82, 2.24) is 0 Å². The standard InChI is InChI=1S/C14H26O2/c1-2-3-4-5-6-7-8-9-10-11-14-15-12-13-16-14/h2,14H,1,3-13H2. The molecule has 16 heavy (non-hydrogen) atoms. The molecule has 1 aliphatic heterocycles. The number of rotatable bonds is 10. The van der Waals surface area contributed by atoms with E-state index in [4.69, 9.17) is 9.47 Å². The first kappa shape index (κ1) is 13.7. The molecule has 0 aliphatic carbocycles. The van der Waals surface area contributed by atoms with Gasteiger partial charge in [0.05, 0.1) is 13.2 Å². The van der Waals surface area contributed by atoms with Gasteiger partial charge in [-0.25, -0.2) is 0 Å². The predicted molar refractivity (Wildman–Crippen MR) is 67.4 cm³/mol. The third kappa shape index (κ3) is 7.02. The monoisotopic (exact) mass is 226 g/mol. The van der Waals surface area contributed by atoms with E-state index in [0.717, 1.165) is 19.6 Å². The highest BCUT2D eigenvalue weighted by atomic mass is 16.7. The van der Waals surface area contributed by atoms with Gasteiger partial charge in [0.25, 0.3) is 0 Å². The summed E-state index contributed by atoms with van der Waals surface area (Å²) in [7, 11) is 0. The fraction of sp³-hybridized carbons (Fsp3) is 0.857. The van der Waals surface area contributed by atoms with Gasteiger partial charge in [0.2, 0.25) is 0 Å². The molecule has 1 fully saturated rings. The Morgan fingerprint density at radius 1 is 0.875 bits per heavy atom. The van der Waals surface area contributed by atoms with Crippen LogP contribution in [0.3, 0.4) is 0 Å². The maximum absolute atomic E-state index is 5.39. The molecule has 1 saturated heterocycles. The highest BCUT2D eigenvalue weighted by molar-refractivity contribution is 4.65. The summed E-state index contributed by atoms with van der Waals surface area (Å²) < 4.78 is 10.8. The summed E-state index contributed by atoms with van der Waals surface area (Å²) in [6, 6.07) is 0. The van der Waals surface area contributed by atoms with Gasteiger partial charge in [-0.15, -0.1) is 6.58 Å². The van der Waals surface area contributed by atoms with Crippen molar-refractivity contribution >= 4 is 0 Å². The molecule has 0 spiro atoms. The lowest BCUT2D eigenvalue weighted by atomic mass is 10.1. The second kappa shape index (κ2) is 9.86. The molecule has 1 heterocycles. The van der Waals surface area contributed by atoms with E-state index in [0.29, 0.717) is 0 Å². The summed E-state index contributed by atoms with van der Waals surface area (Å²) in [5.74, 6) is 0. The smallest absolute Gasteiger partial charge is 0.157 e. The number of allylic oxidation sites excluding steroid dienone is 1. The van der Waals surface area contributed by atoms with E-state index < -0.39 is 0 Å². The zero-order valence-corrected chi connectivity index (χ0v) is 10.5. The Kier molecular flexibility index (Phi) is 8.45. The van der Waals surface area contributed by atoms with Crippen LogP contribution in [-0.2, 0) is 9.47 Å². The zero-order valence-electron chi connectivity index (χ0n) is 10.5. The average Bonchev–Trinajstić information content (AvgIpc) is 2.80. The van der Waals surface area contributed by atoms with Crippen molar-refractivity contribution in [3.8, 4) is 0 Å². The van der Waals surface area contributed by atoms with Crippen LogP contribution in [-0.4, -0.2) is 19.5 Å². The van der Waals surface area contributed by atoms with Crippen molar-refractivity contribution in [2.45, 2.75) is 64.1 Å². The number of unbranched alkanes of at least 4 members (excludes halogenated alkanes) is 7. The molecule has 0 N–H and O–H groups in total. The quantitative estimate of drug-likeness (QED) is 0.413. The Balaban J connectivity index is 1.72. The van der Waals surface area contributed by atoms with Crippen LogP contribution in [0.5, 0.6) is 0 Å². The number of hydrogen-bond donors (Lipinski definition) is 0. The van der Waals surface area contributed by atoms with Crippen LogP contribution in [0.25, 0.3) is 0 Å². The fourth-order valence-corrected chi connectivity index (χ4v) is 2.06. The van der Waals surface area contributed by atoms with Gasteiger partial charge >= 0.3 is 0 Å². The Morgan fingerprint density at radius 2 is 1.44 bits per heavy atom. The van der Waals surface area contributed by atoms with Crippen LogP contribution >= 0.6 is 0 Å². The summed E-state index contributed by atoms with van der Waals surface area (Å²) in [5, 5.41) is 0. The van der Waals surface area contributed by atoms with E-state index >= 15 is 0 Å². The topological polar surface area (TPSA) is 18.5 Å². The van der Waals surface area contributed by atoms with Crippen molar-refractivity contribution in [3.05, 3.63) is 12.7 Å². The molecule has 0 aromatic carbocycles. The molecule has 1 aliphatic rings. The Bertz CT molecular complexity index is 162. The Labute approximate surface area is 100 Å². The summed E-state index contributed by atoms with van der Waals surface area (Å²) >= 11 is 0. The van der Waals surface area contributed by atoms with Crippen LogP contribution in [0.4, 0.5) is 0 Å². The minimum absolute atomic E-state index is 0.104. The molecule has 94 valence electrons. The first-order valence-corrected chi connectivity index (χ1v) is 6.77. The van der Waals surface area contributed by atoms with Gasteiger partial charge < -0.3 is 9.47 Å². The van der Waals surface area contributed by atoms with Crippen LogP contribution in [0, 0.1) is 0 Å². The van der Waals surface area contributed by atoms with Gasteiger partial charge in [-0.3, -0.25) is 0 Å². The van der Waals surface area contributed by atoms with Crippen LogP contribution in [0.2, 0.25) is 0 Å². The first-order valence-electron chi connectivity index (χ1n) is 6.77. The van der Waals surface area contributed by atoms with Gasteiger partial charge in [0.15, 0.2) is 6.29 Å². The SMILES string of the molecule is C=CCCCCCCCCCC1OCCO1. The fourth-order valence-electron chi connectivity index (χ4n) is 2.06. The van der Waals surface area contributed by atoms with Gasteiger partial charge in [-0.2, -0.15) is 0 Å². The number of ether oxygens (including phenoxy) is 2. The Hall–Kier alpha value is -0.340. The highest BCUT2D eigenvalue weighted by Gasteiger charge is 2.14. The second-order valence-corrected chi connectivity index (χ2v) is 4.51. The highest BCUT2D eigenvalue weighted by Crippen LogP contribution is 2.14. The zero-order chi connectivity index (χ0) is 11.5. The lowest BCUT2D eigenvalue weighted by Crippen LogP contribution is -2.06. The van der Waals surface area contributed by atoms with Gasteiger partial charge in [-0.05, 0) is 25.7 Å². The van der Waals surface area contributed by atoms with Crippen molar-refractivity contribution in [3.63, 3.8) is 0 Å². The molecule has 0 radical (unpaired) electrons. The van der Waals surface area contributed by atoms with Crippen LogP contribution < -0.4 is 0 Å². The largest absolute Gasteiger partial charge is 0.350 e. The summed E-state index contributed by atoms with van der Waals surface area (Å²) in [4.78, 5) is 0. The molecule has 2 nitrogen and oxygen atoms in total. The van der Waals surface area contributed by atoms with Crippen molar-refractivity contribution < 1.29 is 9.47 Å². The van der Waals surface area contributed by atoms with E-state index in [-0.39, 0.29) is 6.29 Å². The minimum Gasteiger partial charge on any atom is -0.350 e. The first-order chi connectivity index (χ1) is 7.93. The summed E-state index contributed by atoms with van der Waals surface area (Å²) in [6.45, 7) is 5.30. The third-order valence-electron chi connectivity index (χ3n) is 3.04. The van der Waals surface area contributed by atoms with E-state index in [9.17, 15) is 0 Å². The van der Waals surface area contributed by atoms with Gasteiger partial charge in [0.1, 0.15) is 0 Å². The van der Waals surface area contributed by atoms with Gasteiger partial charge in [0, 0.05) is 0 Å². The van der Waals surface area contributed by atoms with Crippen molar-refractivity contribution in [2.24, 2.45) is 0 Å². The molecule has 0 bridgehead atoms. The molecule has 0 amide bonds. The second-order valence-electron chi connectivity index (χ2n) is 4.51. The predicted octanol–water partition coefficient (Wildman–Crippen LogP) is 4.06. The normalized spacial score (nSPS) is 16.8. The molecular weight excluding hydrogens is 200 g/mol. The van der Waals surface area contributed by atoms with Crippen molar-refractivity contribution in [2.75, 3.05) is 13.2 Å². The lowest BCUT2D eigenvalue weighted by Gasteiger charge is -2.07. The molecule has 2 heteroatoms. The van der Waals surface area contributed by atoms with Crippen LogP contribution in [0.1, 0.15) is 57.8 Å². The molecule has 0 saturated carbocycles. The maximum atomic E-state index is 5.39. The van der Waals surface area contributed by atoms with Gasteiger partial charge in [-0.1, -0.05) is 38.2 Å². The van der Waals surface area contributed by atoms with E-state index in [1.165, 1.54) is 51.4 Å². The summed E-state index contributed by atoms with van der Waals surface area (Å²) in [5.41, 5.74) is 0. The number of hydrogen-bond acceptors (Lipinski definition) is 2. The maximum Gasteiger partial charge on any atom is 0.157 e. The molecular formula is C14H26O2. The van der Waals surface area contributed by atoms with E-state index in [1.807, 2.05) is 6.08 Å². The molecule has 0 atom stereocenters. The molecule has 0 unspecified atom stereocenters. The average molecular weight is 226 g/mol. The minimum atomic E-state index is 0.104. The Morgan fingerprint density at radius 3 is 2.06 bits per heavy atom. The third-order valence-corrected chi connectivity index (χ3v) is 3.04. The van der Waals surface area contributed by atoms with Crippen molar-refractivity contribution in [1.29, 1.82) is 0 Å². The molecule has 1 rings (SSSR count). The summed E-state index contributed by atoms with van der Waals surface area (Å²) in [6.07, 6.45) is 13.7.